The second-order valence-corrected chi connectivity index (χ2v) is 9.72. The number of nitrogens with zero attached hydrogens (tertiary/aromatic N) is 1. The maximum Gasteiger partial charge on any atom is 0.415 e. The fourth-order valence-electron chi connectivity index (χ4n) is 3.95. The molecule has 0 bridgehead atoms. The maximum atomic E-state index is 13.5. The fourth-order valence-corrected chi connectivity index (χ4v) is 4.47. The van der Waals surface area contributed by atoms with Crippen LogP contribution in [0.15, 0.2) is 40.9 Å². The summed E-state index contributed by atoms with van der Waals surface area (Å²) in [5.74, 6) is 1.06. The summed E-state index contributed by atoms with van der Waals surface area (Å²) in [6.07, 6.45) is 1.37. The number of ether oxygens (including phenoxy) is 2. The number of carbonyl (C=O) groups is 1. The molecule has 3 rings (SSSR count). The first kappa shape index (κ1) is 21.7. The Kier molecular flexibility index (Phi) is 6.27. The van der Waals surface area contributed by atoms with Crippen molar-refractivity contribution in [3.8, 4) is 5.75 Å². The Balaban J connectivity index is 2.21. The fraction of sp³-hybridized carbons (Fsp3) is 0.458. The minimum Gasteiger partial charge on any atom is -0.496 e. The number of anilines is 1. The number of para-hydroxylation sites is 1. The molecule has 4 nitrogen and oxygen atoms in total. The molecule has 0 radical (unpaired) electrons. The number of hydrogen-bond donors (Lipinski definition) is 0. The third kappa shape index (κ3) is 4.61. The molecule has 1 aliphatic rings. The van der Waals surface area contributed by atoms with Gasteiger partial charge in [0.2, 0.25) is 0 Å². The van der Waals surface area contributed by atoms with Crippen molar-refractivity contribution in [2.24, 2.45) is 0 Å². The van der Waals surface area contributed by atoms with E-state index in [1.54, 1.807) is 7.11 Å². The topological polar surface area (TPSA) is 38.8 Å². The maximum absolute atomic E-state index is 13.5. The van der Waals surface area contributed by atoms with Crippen LogP contribution in [0.4, 0.5) is 10.5 Å². The molecule has 0 aromatic heterocycles. The third-order valence-corrected chi connectivity index (χ3v) is 5.59. The quantitative estimate of drug-likeness (QED) is 0.495. The molecule has 0 spiro atoms. The number of methoxy groups -OCH3 is 1. The Hall–Kier alpha value is -2.01. The summed E-state index contributed by atoms with van der Waals surface area (Å²) in [6.45, 7) is 10.0. The Labute approximate surface area is 182 Å². The molecular weight excluding hydrogens is 430 g/mol. The number of hydrogen-bond acceptors (Lipinski definition) is 3. The van der Waals surface area contributed by atoms with Gasteiger partial charge in [-0.1, -0.05) is 48.0 Å². The highest BCUT2D eigenvalue weighted by Gasteiger charge is 2.38. The lowest BCUT2D eigenvalue weighted by Crippen LogP contribution is -2.42. The monoisotopic (exact) mass is 459 g/mol. The zero-order valence-corrected chi connectivity index (χ0v) is 19.7. The van der Waals surface area contributed by atoms with Crippen LogP contribution in [0, 0.1) is 0 Å². The van der Waals surface area contributed by atoms with Crippen LogP contribution < -0.4 is 9.64 Å². The van der Waals surface area contributed by atoms with Gasteiger partial charge in [-0.15, -0.1) is 0 Å². The molecule has 29 heavy (non-hydrogen) atoms. The standard InChI is InChI=1S/C24H30BrNO3/c1-15(2)19-14-17(25)13-16-11-12-20(18-9-7-8-10-21(18)28-6)26(22(16)19)23(27)29-24(3,4)5/h7-10,13-15,20H,11-12H2,1-6H3. The molecule has 1 atom stereocenters. The number of aryl methyl sites for hydroxylation is 1. The van der Waals surface area contributed by atoms with Gasteiger partial charge in [-0.05, 0) is 68.9 Å². The molecule has 0 aliphatic carbocycles. The molecule has 1 amide bonds. The summed E-state index contributed by atoms with van der Waals surface area (Å²) < 4.78 is 12.5. The van der Waals surface area contributed by atoms with Crippen LogP contribution in [-0.4, -0.2) is 18.8 Å². The molecule has 0 saturated heterocycles. The highest BCUT2D eigenvalue weighted by atomic mass is 79.9. The van der Waals surface area contributed by atoms with Gasteiger partial charge in [0, 0.05) is 10.0 Å². The molecule has 0 fully saturated rings. The van der Waals surface area contributed by atoms with Gasteiger partial charge in [0.05, 0.1) is 18.8 Å². The van der Waals surface area contributed by atoms with E-state index in [9.17, 15) is 4.79 Å². The second kappa shape index (κ2) is 8.39. The summed E-state index contributed by atoms with van der Waals surface area (Å²) in [5, 5.41) is 0. The van der Waals surface area contributed by atoms with Gasteiger partial charge in [-0.2, -0.15) is 0 Å². The van der Waals surface area contributed by atoms with Crippen molar-refractivity contribution in [3.05, 3.63) is 57.6 Å². The Morgan fingerprint density at radius 3 is 2.52 bits per heavy atom. The minimum atomic E-state index is -0.576. The van der Waals surface area contributed by atoms with E-state index in [0.29, 0.717) is 0 Å². The molecule has 1 heterocycles. The number of halogens is 1. The van der Waals surface area contributed by atoms with Crippen molar-refractivity contribution in [2.75, 3.05) is 12.0 Å². The number of carbonyl (C=O) groups excluding carboxylic acids is 1. The summed E-state index contributed by atoms with van der Waals surface area (Å²) in [7, 11) is 1.67. The second-order valence-electron chi connectivity index (χ2n) is 8.80. The van der Waals surface area contributed by atoms with Gasteiger partial charge < -0.3 is 9.47 Å². The molecule has 2 aromatic carbocycles. The lowest BCUT2D eigenvalue weighted by atomic mass is 9.87. The van der Waals surface area contributed by atoms with Gasteiger partial charge in [0.25, 0.3) is 0 Å². The van der Waals surface area contributed by atoms with Crippen molar-refractivity contribution in [2.45, 2.75) is 65.0 Å². The first-order valence-corrected chi connectivity index (χ1v) is 10.9. The predicted octanol–water partition coefficient (Wildman–Crippen LogP) is 7.01. The van der Waals surface area contributed by atoms with Crippen LogP contribution in [-0.2, 0) is 11.2 Å². The average molecular weight is 460 g/mol. The number of amides is 1. The van der Waals surface area contributed by atoms with Crippen LogP contribution in [0.25, 0.3) is 0 Å². The lowest BCUT2D eigenvalue weighted by molar-refractivity contribution is 0.0559. The summed E-state index contributed by atoms with van der Waals surface area (Å²) in [5.41, 5.74) is 3.71. The lowest BCUT2D eigenvalue weighted by Gasteiger charge is -2.40. The van der Waals surface area contributed by atoms with E-state index >= 15 is 0 Å². The summed E-state index contributed by atoms with van der Waals surface area (Å²) in [6, 6.07) is 12.0. The smallest absolute Gasteiger partial charge is 0.415 e. The summed E-state index contributed by atoms with van der Waals surface area (Å²) in [4.78, 5) is 15.3. The first-order chi connectivity index (χ1) is 13.6. The van der Waals surface area contributed by atoms with E-state index in [-0.39, 0.29) is 18.1 Å². The van der Waals surface area contributed by atoms with Gasteiger partial charge in [0.15, 0.2) is 0 Å². The zero-order valence-electron chi connectivity index (χ0n) is 18.1. The Morgan fingerprint density at radius 1 is 1.21 bits per heavy atom. The van der Waals surface area contributed by atoms with Crippen molar-refractivity contribution in [1.29, 1.82) is 0 Å². The zero-order chi connectivity index (χ0) is 21.3. The van der Waals surface area contributed by atoms with Gasteiger partial charge >= 0.3 is 6.09 Å². The average Bonchev–Trinajstić information content (AvgIpc) is 2.64. The first-order valence-electron chi connectivity index (χ1n) is 10.1. The van der Waals surface area contributed by atoms with Crippen LogP contribution >= 0.6 is 15.9 Å². The molecule has 2 aromatic rings. The molecule has 0 N–H and O–H groups in total. The Morgan fingerprint density at radius 2 is 1.90 bits per heavy atom. The summed E-state index contributed by atoms with van der Waals surface area (Å²) >= 11 is 3.64. The molecule has 1 unspecified atom stereocenters. The normalized spacial score (nSPS) is 16.6. The highest BCUT2D eigenvalue weighted by Crippen LogP contribution is 2.46. The van der Waals surface area contributed by atoms with E-state index in [4.69, 9.17) is 9.47 Å². The molecule has 1 aliphatic heterocycles. The van der Waals surface area contributed by atoms with Crippen molar-refractivity contribution < 1.29 is 14.3 Å². The van der Waals surface area contributed by atoms with E-state index < -0.39 is 5.60 Å². The number of benzene rings is 2. The van der Waals surface area contributed by atoms with Gasteiger partial charge in [-0.3, -0.25) is 4.90 Å². The molecule has 156 valence electrons. The predicted molar refractivity (Wildman–Crippen MR) is 121 cm³/mol. The van der Waals surface area contributed by atoms with Crippen molar-refractivity contribution in [1.82, 2.24) is 0 Å². The molecule has 0 saturated carbocycles. The van der Waals surface area contributed by atoms with Crippen LogP contribution in [0.2, 0.25) is 0 Å². The van der Waals surface area contributed by atoms with Gasteiger partial charge in [0.1, 0.15) is 11.4 Å². The molecular formula is C24H30BrNO3. The van der Waals surface area contributed by atoms with Crippen LogP contribution in [0.5, 0.6) is 5.75 Å². The van der Waals surface area contributed by atoms with E-state index in [1.807, 2.05) is 49.9 Å². The van der Waals surface area contributed by atoms with Crippen molar-refractivity contribution in [3.63, 3.8) is 0 Å². The van der Waals surface area contributed by atoms with Crippen LogP contribution in [0.1, 0.15) is 69.7 Å². The SMILES string of the molecule is COc1ccccc1C1CCc2cc(Br)cc(C(C)C)c2N1C(=O)OC(C)(C)C. The van der Waals surface area contributed by atoms with Gasteiger partial charge in [-0.25, -0.2) is 4.79 Å². The van der Waals surface area contributed by atoms with E-state index in [0.717, 1.165) is 39.9 Å². The largest absolute Gasteiger partial charge is 0.496 e. The number of rotatable bonds is 3. The van der Waals surface area contributed by atoms with Crippen LogP contribution in [0.3, 0.4) is 0 Å². The van der Waals surface area contributed by atoms with E-state index in [2.05, 4.69) is 41.9 Å². The Bertz CT molecular complexity index is 901. The highest BCUT2D eigenvalue weighted by molar-refractivity contribution is 9.10. The third-order valence-electron chi connectivity index (χ3n) is 5.13. The van der Waals surface area contributed by atoms with Crippen molar-refractivity contribution >= 4 is 27.7 Å². The van der Waals surface area contributed by atoms with E-state index in [1.165, 1.54) is 5.56 Å². The number of fused-ring (bicyclic) bond motifs is 1. The molecule has 5 heteroatoms. The minimum absolute atomic E-state index is 0.146.